The number of hydrogen-bond acceptors (Lipinski definition) is 1. The third-order valence-electron chi connectivity index (χ3n) is 1.97. The van der Waals surface area contributed by atoms with E-state index in [0.717, 1.165) is 6.54 Å². The fraction of sp³-hybridized carbons (Fsp3) is 0.400. The topological polar surface area (TPSA) is 36.8 Å². The number of nitrogens with two attached hydrogens (primary N) is 1. The van der Waals surface area contributed by atoms with Crippen LogP contribution in [0.2, 0.25) is 0 Å². The van der Waals surface area contributed by atoms with E-state index in [4.69, 9.17) is 5.11 Å². The van der Waals surface area contributed by atoms with Crippen molar-refractivity contribution in [2.45, 2.75) is 13.0 Å². The zero-order valence-corrected chi connectivity index (χ0v) is 7.40. The lowest BCUT2D eigenvalue weighted by molar-refractivity contribution is -0.693. The van der Waals surface area contributed by atoms with E-state index in [0.29, 0.717) is 6.04 Å². The third-order valence-corrected chi connectivity index (χ3v) is 1.97. The van der Waals surface area contributed by atoms with Crippen LogP contribution in [0.4, 0.5) is 0 Å². The molecule has 0 heterocycles. The summed E-state index contributed by atoms with van der Waals surface area (Å²) in [5.74, 6) is 0. The zero-order valence-electron chi connectivity index (χ0n) is 7.40. The van der Waals surface area contributed by atoms with Crippen LogP contribution in [0.15, 0.2) is 30.3 Å². The van der Waals surface area contributed by atoms with Gasteiger partial charge < -0.3 is 10.4 Å². The number of hydrogen-bond donors (Lipinski definition) is 2. The minimum absolute atomic E-state index is 0.247. The van der Waals surface area contributed by atoms with Gasteiger partial charge in [-0.1, -0.05) is 30.3 Å². The summed E-state index contributed by atoms with van der Waals surface area (Å²) in [4.78, 5) is 0. The Morgan fingerprint density at radius 2 is 2.00 bits per heavy atom. The van der Waals surface area contributed by atoms with Gasteiger partial charge in [-0.15, -0.1) is 0 Å². The van der Waals surface area contributed by atoms with Crippen LogP contribution in [-0.4, -0.2) is 18.3 Å². The van der Waals surface area contributed by atoms with Gasteiger partial charge in [-0.25, -0.2) is 0 Å². The zero-order chi connectivity index (χ0) is 8.81. The fourth-order valence-electron chi connectivity index (χ4n) is 1.22. The minimum atomic E-state index is 0.247. The van der Waals surface area contributed by atoms with Crippen molar-refractivity contribution in [3.63, 3.8) is 0 Å². The maximum Gasteiger partial charge on any atom is 0.109 e. The Balaban J connectivity index is 2.48. The Morgan fingerprint density at radius 3 is 2.58 bits per heavy atom. The molecule has 2 heteroatoms. The second-order valence-electron chi connectivity index (χ2n) is 2.95. The lowest BCUT2D eigenvalue weighted by Gasteiger charge is -2.09. The molecule has 66 valence electrons. The first-order valence-corrected chi connectivity index (χ1v) is 4.33. The second-order valence-corrected chi connectivity index (χ2v) is 2.95. The molecule has 1 rings (SSSR count). The van der Waals surface area contributed by atoms with Crippen molar-refractivity contribution >= 4 is 0 Å². The molecule has 1 aromatic carbocycles. The molecule has 0 saturated heterocycles. The van der Waals surface area contributed by atoms with Gasteiger partial charge >= 0.3 is 0 Å². The molecule has 12 heavy (non-hydrogen) atoms. The summed E-state index contributed by atoms with van der Waals surface area (Å²) in [7, 11) is 0. The highest BCUT2D eigenvalue weighted by Crippen LogP contribution is 2.05. The number of rotatable bonds is 4. The number of quaternary nitrogens is 1. The Bertz CT molecular complexity index is 210. The van der Waals surface area contributed by atoms with E-state index in [1.807, 2.05) is 18.2 Å². The maximum atomic E-state index is 8.63. The molecule has 0 amide bonds. The van der Waals surface area contributed by atoms with Gasteiger partial charge in [0.05, 0.1) is 13.2 Å². The Hall–Kier alpha value is -0.860. The van der Waals surface area contributed by atoms with Gasteiger partial charge in [0.2, 0.25) is 0 Å². The predicted octanol–water partition coefficient (Wildman–Crippen LogP) is 0.303. The fourth-order valence-corrected chi connectivity index (χ4v) is 1.22. The van der Waals surface area contributed by atoms with Crippen molar-refractivity contribution in [2.75, 3.05) is 13.2 Å². The smallest absolute Gasteiger partial charge is 0.109 e. The van der Waals surface area contributed by atoms with E-state index in [1.54, 1.807) is 0 Å². The summed E-state index contributed by atoms with van der Waals surface area (Å²) in [6.45, 7) is 3.16. The highest BCUT2D eigenvalue weighted by molar-refractivity contribution is 5.16. The van der Waals surface area contributed by atoms with Gasteiger partial charge in [0, 0.05) is 5.56 Å². The summed E-state index contributed by atoms with van der Waals surface area (Å²) < 4.78 is 0. The third kappa shape index (κ3) is 2.64. The van der Waals surface area contributed by atoms with Crippen molar-refractivity contribution in [3.05, 3.63) is 35.9 Å². The van der Waals surface area contributed by atoms with E-state index in [2.05, 4.69) is 24.4 Å². The van der Waals surface area contributed by atoms with Gasteiger partial charge in [-0.2, -0.15) is 0 Å². The lowest BCUT2D eigenvalue weighted by Crippen LogP contribution is -2.85. The van der Waals surface area contributed by atoms with Crippen LogP contribution >= 0.6 is 0 Å². The lowest BCUT2D eigenvalue weighted by atomic mass is 10.1. The summed E-state index contributed by atoms with van der Waals surface area (Å²) in [6, 6.07) is 10.8. The highest BCUT2D eigenvalue weighted by Gasteiger charge is 2.05. The van der Waals surface area contributed by atoms with Gasteiger partial charge in [0.25, 0.3) is 0 Å². The van der Waals surface area contributed by atoms with Crippen molar-refractivity contribution in [3.8, 4) is 0 Å². The molecule has 0 aromatic heterocycles. The average Bonchev–Trinajstić information content (AvgIpc) is 2.15. The summed E-state index contributed by atoms with van der Waals surface area (Å²) in [5.41, 5.74) is 1.31. The minimum Gasteiger partial charge on any atom is -0.391 e. The molecule has 3 N–H and O–H groups in total. The van der Waals surface area contributed by atoms with Crippen LogP contribution in [0, 0.1) is 0 Å². The van der Waals surface area contributed by atoms with Crippen LogP contribution < -0.4 is 5.32 Å². The molecule has 0 bridgehead atoms. The molecule has 1 aromatic rings. The number of benzene rings is 1. The summed E-state index contributed by atoms with van der Waals surface area (Å²) in [5, 5.41) is 10.8. The van der Waals surface area contributed by atoms with E-state index >= 15 is 0 Å². The van der Waals surface area contributed by atoms with Gasteiger partial charge in [-0.3, -0.25) is 0 Å². The van der Waals surface area contributed by atoms with Crippen LogP contribution in [0.25, 0.3) is 0 Å². The van der Waals surface area contributed by atoms with E-state index in [-0.39, 0.29) is 6.61 Å². The second kappa shape index (κ2) is 4.91. The Morgan fingerprint density at radius 1 is 1.33 bits per heavy atom. The summed E-state index contributed by atoms with van der Waals surface area (Å²) in [6.07, 6.45) is 0. The molecule has 0 fully saturated rings. The predicted molar refractivity (Wildman–Crippen MR) is 48.7 cm³/mol. The van der Waals surface area contributed by atoms with Gasteiger partial charge in [0.1, 0.15) is 6.04 Å². The molecular weight excluding hydrogens is 150 g/mol. The van der Waals surface area contributed by atoms with E-state index in [1.165, 1.54) is 5.56 Å². The maximum absolute atomic E-state index is 8.63. The molecule has 0 saturated carbocycles. The first kappa shape index (κ1) is 9.23. The van der Waals surface area contributed by atoms with E-state index in [9.17, 15) is 0 Å². The Labute approximate surface area is 73.2 Å². The molecular formula is C10H16NO+. The van der Waals surface area contributed by atoms with Crippen LogP contribution in [0.1, 0.15) is 18.5 Å². The molecule has 0 aliphatic rings. The number of aliphatic hydroxyl groups is 1. The SMILES string of the molecule is C[C@H]([NH2+]CCO)c1ccccc1. The summed E-state index contributed by atoms with van der Waals surface area (Å²) >= 11 is 0. The quantitative estimate of drug-likeness (QED) is 0.663. The monoisotopic (exact) mass is 166 g/mol. The first-order valence-electron chi connectivity index (χ1n) is 4.33. The first-order chi connectivity index (χ1) is 5.84. The molecule has 0 aliphatic carbocycles. The molecule has 0 unspecified atom stereocenters. The molecule has 1 atom stereocenters. The van der Waals surface area contributed by atoms with Crippen LogP contribution in [-0.2, 0) is 0 Å². The van der Waals surface area contributed by atoms with Crippen molar-refractivity contribution in [1.29, 1.82) is 0 Å². The largest absolute Gasteiger partial charge is 0.391 e. The normalized spacial score (nSPS) is 12.8. The van der Waals surface area contributed by atoms with Crippen LogP contribution in [0.3, 0.4) is 0 Å². The molecule has 0 spiro atoms. The average molecular weight is 166 g/mol. The standard InChI is InChI=1S/C10H15NO/c1-9(11-7-8-12)10-5-3-2-4-6-10/h2-6,9,11-12H,7-8H2,1H3/p+1/t9-/m0/s1. The van der Waals surface area contributed by atoms with Gasteiger partial charge in [0.15, 0.2) is 0 Å². The van der Waals surface area contributed by atoms with Crippen molar-refractivity contribution in [1.82, 2.24) is 0 Å². The van der Waals surface area contributed by atoms with Gasteiger partial charge in [-0.05, 0) is 6.92 Å². The highest BCUT2D eigenvalue weighted by atomic mass is 16.3. The van der Waals surface area contributed by atoms with Crippen molar-refractivity contribution in [2.24, 2.45) is 0 Å². The molecule has 0 aliphatic heterocycles. The van der Waals surface area contributed by atoms with Crippen molar-refractivity contribution < 1.29 is 10.4 Å². The molecule has 0 radical (unpaired) electrons. The Kier molecular flexibility index (Phi) is 3.77. The van der Waals surface area contributed by atoms with E-state index < -0.39 is 0 Å². The number of aliphatic hydroxyl groups excluding tert-OH is 1. The molecule has 2 nitrogen and oxygen atoms in total. The van der Waals surface area contributed by atoms with Crippen LogP contribution in [0.5, 0.6) is 0 Å².